The van der Waals surface area contributed by atoms with E-state index in [0.29, 0.717) is 6.04 Å². The maximum Gasteiger partial charge on any atom is 0.407 e. The van der Waals surface area contributed by atoms with Gasteiger partial charge < -0.3 is 19.4 Å². The van der Waals surface area contributed by atoms with Gasteiger partial charge in [-0.15, -0.1) is 0 Å². The number of carbonyl (C=O) groups excluding carboxylic acids is 2. The smallest absolute Gasteiger partial charge is 0.407 e. The number of fused-ring (bicyclic) bond motifs is 1. The number of rotatable bonds is 4. The Labute approximate surface area is 204 Å². The largest absolute Gasteiger partial charge is 0.462 e. The van der Waals surface area contributed by atoms with Gasteiger partial charge in [-0.3, -0.25) is 4.79 Å². The zero-order valence-electron chi connectivity index (χ0n) is 21.4. The standard InChI is InChI=1S/C15H15F2NO3.C11H21NO2/c1-4-8-10(16)6-11(17)13-12(8)14(19)9(7-18(13)3)15(20)21-5-2;1-11(2,3)14-10(13)12-9-7-5-4-6-8-9/h6-7H,4-5H2,1-3H3;9H,4-8H2,1-3H3,(H,12,13). The predicted octanol–water partition coefficient (Wildman–Crippen LogP) is 5.40. The topological polar surface area (TPSA) is 86.6 Å². The second kappa shape index (κ2) is 12.1. The Bertz CT molecular complexity index is 1120. The molecule has 1 fully saturated rings. The Morgan fingerprint density at radius 1 is 1.11 bits per heavy atom. The number of hydrogen-bond acceptors (Lipinski definition) is 5. The number of aromatic nitrogens is 1. The van der Waals surface area contributed by atoms with Crippen molar-refractivity contribution in [1.82, 2.24) is 9.88 Å². The van der Waals surface area contributed by atoms with Crippen LogP contribution in [-0.2, 0) is 22.9 Å². The number of carbonyl (C=O) groups is 2. The lowest BCUT2D eigenvalue weighted by Gasteiger charge is -2.25. The van der Waals surface area contributed by atoms with Gasteiger partial charge in [0.1, 0.15) is 17.0 Å². The highest BCUT2D eigenvalue weighted by atomic mass is 19.1. The van der Waals surface area contributed by atoms with E-state index in [0.717, 1.165) is 18.9 Å². The average molecular weight is 495 g/mol. The SMILES string of the molecule is CC(C)(C)OC(=O)NC1CCCCC1.CCOC(=O)c1cn(C)c2c(F)cc(F)c(CC)c2c1=O. The number of esters is 1. The van der Waals surface area contributed by atoms with Crippen molar-refractivity contribution in [2.45, 2.75) is 84.8 Å². The van der Waals surface area contributed by atoms with Crippen LogP contribution in [-0.4, -0.2) is 34.9 Å². The molecule has 7 nitrogen and oxygen atoms in total. The predicted molar refractivity (Wildman–Crippen MR) is 131 cm³/mol. The summed E-state index contributed by atoms with van der Waals surface area (Å²) in [5, 5.41) is 2.81. The summed E-state index contributed by atoms with van der Waals surface area (Å²) >= 11 is 0. The van der Waals surface area contributed by atoms with E-state index in [2.05, 4.69) is 5.32 Å². The summed E-state index contributed by atoms with van der Waals surface area (Å²) in [7, 11) is 1.49. The van der Waals surface area contributed by atoms with Gasteiger partial charge in [-0.2, -0.15) is 0 Å². The summed E-state index contributed by atoms with van der Waals surface area (Å²) in [5.74, 6) is -2.43. The molecule has 2 aromatic rings. The molecule has 1 heterocycles. The molecule has 1 aliphatic rings. The van der Waals surface area contributed by atoms with Gasteiger partial charge in [-0.05, 0) is 47.0 Å². The third kappa shape index (κ3) is 7.50. The fraction of sp³-hybridized carbons (Fsp3) is 0.577. The summed E-state index contributed by atoms with van der Waals surface area (Å²) in [4.78, 5) is 35.6. The number of halogens is 2. The van der Waals surface area contributed by atoms with E-state index < -0.39 is 28.6 Å². The van der Waals surface area contributed by atoms with Gasteiger partial charge in [-0.1, -0.05) is 26.2 Å². The first-order chi connectivity index (χ1) is 16.4. The number of pyridine rings is 1. The Morgan fingerprint density at radius 2 is 1.74 bits per heavy atom. The van der Waals surface area contributed by atoms with Gasteiger partial charge in [0.25, 0.3) is 0 Å². The van der Waals surface area contributed by atoms with Gasteiger partial charge in [0.05, 0.1) is 17.5 Å². The van der Waals surface area contributed by atoms with E-state index in [1.165, 1.54) is 37.1 Å². The van der Waals surface area contributed by atoms with Gasteiger partial charge >= 0.3 is 12.1 Å². The number of alkyl carbamates (subject to hydrolysis) is 1. The normalized spacial score (nSPS) is 14.2. The molecule has 9 heteroatoms. The van der Waals surface area contributed by atoms with E-state index >= 15 is 0 Å². The maximum atomic E-state index is 14.0. The summed E-state index contributed by atoms with van der Waals surface area (Å²) in [5.41, 5.74) is -1.26. The molecular weight excluding hydrogens is 458 g/mol. The van der Waals surface area contributed by atoms with E-state index in [9.17, 15) is 23.2 Å². The first-order valence-corrected chi connectivity index (χ1v) is 12.1. The van der Waals surface area contributed by atoms with Crippen molar-refractivity contribution in [3.8, 4) is 0 Å². The molecule has 1 N–H and O–H groups in total. The lowest BCUT2D eigenvalue weighted by atomic mass is 9.96. The third-order valence-corrected chi connectivity index (χ3v) is 5.63. The monoisotopic (exact) mass is 494 g/mol. The van der Waals surface area contributed by atoms with Crippen molar-refractivity contribution in [3.63, 3.8) is 0 Å². The van der Waals surface area contributed by atoms with Crippen LogP contribution in [0.1, 0.15) is 82.6 Å². The highest BCUT2D eigenvalue weighted by molar-refractivity contribution is 5.95. The van der Waals surface area contributed by atoms with Crippen LogP contribution in [0.3, 0.4) is 0 Å². The summed E-state index contributed by atoms with van der Waals surface area (Å²) in [6.45, 7) is 9.03. The van der Waals surface area contributed by atoms with Crippen LogP contribution in [0.25, 0.3) is 10.9 Å². The summed E-state index contributed by atoms with van der Waals surface area (Å²) < 4.78 is 39.1. The van der Waals surface area contributed by atoms with Crippen LogP contribution in [0.2, 0.25) is 0 Å². The van der Waals surface area contributed by atoms with Crippen molar-refractivity contribution in [2.75, 3.05) is 6.61 Å². The van der Waals surface area contributed by atoms with Crippen LogP contribution in [0.5, 0.6) is 0 Å². The molecule has 35 heavy (non-hydrogen) atoms. The Hall–Kier alpha value is -2.97. The van der Waals surface area contributed by atoms with Gasteiger partial charge in [0, 0.05) is 30.9 Å². The zero-order chi connectivity index (χ0) is 26.3. The number of hydrogen-bond donors (Lipinski definition) is 1. The molecule has 0 spiro atoms. The molecule has 0 atom stereocenters. The fourth-order valence-corrected chi connectivity index (χ4v) is 4.11. The van der Waals surface area contributed by atoms with Gasteiger partial charge in [-0.25, -0.2) is 18.4 Å². The molecule has 1 amide bonds. The Morgan fingerprint density at radius 3 is 2.29 bits per heavy atom. The molecule has 0 bridgehead atoms. The molecule has 3 rings (SSSR count). The minimum atomic E-state index is -0.838. The highest BCUT2D eigenvalue weighted by Crippen LogP contribution is 2.23. The van der Waals surface area contributed by atoms with Crippen LogP contribution in [0, 0.1) is 11.6 Å². The van der Waals surface area contributed by atoms with Crippen molar-refractivity contribution < 1.29 is 27.8 Å². The Kier molecular flexibility index (Phi) is 9.80. The number of amides is 1. The van der Waals surface area contributed by atoms with Crippen LogP contribution in [0.15, 0.2) is 17.1 Å². The molecule has 0 aliphatic heterocycles. The Balaban J connectivity index is 0.000000269. The lowest BCUT2D eigenvalue weighted by molar-refractivity contribution is 0.0490. The number of nitrogens with zero attached hydrogens (tertiary/aromatic N) is 1. The van der Waals surface area contributed by atoms with Crippen LogP contribution < -0.4 is 10.7 Å². The summed E-state index contributed by atoms with van der Waals surface area (Å²) in [6, 6.07) is 1.09. The third-order valence-electron chi connectivity index (χ3n) is 5.63. The number of aryl methyl sites for hydroxylation is 2. The molecule has 1 saturated carbocycles. The lowest BCUT2D eigenvalue weighted by Crippen LogP contribution is -2.39. The van der Waals surface area contributed by atoms with Crippen LogP contribution >= 0.6 is 0 Å². The van der Waals surface area contributed by atoms with Crippen molar-refractivity contribution >= 4 is 23.0 Å². The first kappa shape index (κ1) is 28.3. The molecule has 0 unspecified atom stereocenters. The van der Waals surface area contributed by atoms with E-state index in [1.54, 1.807) is 13.8 Å². The molecule has 1 aromatic carbocycles. The van der Waals surface area contributed by atoms with Gasteiger partial charge in [0.15, 0.2) is 5.82 Å². The quantitative estimate of drug-likeness (QED) is 0.575. The van der Waals surface area contributed by atoms with E-state index in [4.69, 9.17) is 9.47 Å². The van der Waals surface area contributed by atoms with E-state index in [1.807, 2.05) is 20.8 Å². The van der Waals surface area contributed by atoms with Crippen LogP contribution in [0.4, 0.5) is 13.6 Å². The summed E-state index contributed by atoms with van der Waals surface area (Å²) in [6.07, 6.45) is 7.09. The molecule has 1 aliphatic carbocycles. The maximum absolute atomic E-state index is 14.0. The minimum Gasteiger partial charge on any atom is -0.462 e. The molecule has 0 radical (unpaired) electrons. The van der Waals surface area contributed by atoms with Crippen molar-refractivity contribution in [1.29, 1.82) is 0 Å². The van der Waals surface area contributed by atoms with Crippen molar-refractivity contribution in [2.24, 2.45) is 7.05 Å². The number of benzene rings is 1. The fourth-order valence-electron chi connectivity index (χ4n) is 4.11. The van der Waals surface area contributed by atoms with Gasteiger partial charge in [0.2, 0.25) is 5.43 Å². The average Bonchev–Trinajstić information content (AvgIpc) is 2.75. The number of ether oxygens (including phenoxy) is 2. The molecular formula is C26H36F2N2O5. The second-order valence-electron chi connectivity index (χ2n) is 9.58. The van der Waals surface area contributed by atoms with E-state index in [-0.39, 0.29) is 41.2 Å². The molecule has 194 valence electrons. The zero-order valence-corrected chi connectivity index (χ0v) is 21.4. The second-order valence-corrected chi connectivity index (χ2v) is 9.58. The number of nitrogens with one attached hydrogen (secondary N) is 1. The van der Waals surface area contributed by atoms with Crippen molar-refractivity contribution in [3.05, 3.63) is 45.2 Å². The molecule has 1 aromatic heterocycles. The minimum absolute atomic E-state index is 0.0219. The highest BCUT2D eigenvalue weighted by Gasteiger charge is 2.22. The first-order valence-electron chi connectivity index (χ1n) is 12.1. The molecule has 0 saturated heterocycles.